The van der Waals surface area contributed by atoms with Gasteiger partial charge in [-0.15, -0.1) is 4.91 Å². The fraction of sp³-hybridized carbons (Fsp3) is 0.833. The van der Waals surface area contributed by atoms with Gasteiger partial charge in [0, 0.05) is 0 Å². The molecule has 0 unspecified atom stereocenters. The normalized spacial score (nSPS) is 8.91. The molecule has 0 bridgehead atoms. The fourth-order valence-electron chi connectivity index (χ4n) is 0.575. The molecular weight excluding hydrogens is 148 g/mol. The Morgan fingerprint density at radius 2 is 2.18 bits per heavy atom. The van der Waals surface area contributed by atoms with E-state index < -0.39 is 6.09 Å². The molecule has 0 aromatic carbocycles. The lowest BCUT2D eigenvalue weighted by molar-refractivity contribution is 0.108. The summed E-state index contributed by atoms with van der Waals surface area (Å²) in [7, 11) is 0. The van der Waals surface area contributed by atoms with Gasteiger partial charge in [0.2, 0.25) is 0 Å². The molecule has 0 saturated carbocycles. The second kappa shape index (κ2) is 5.64. The molecule has 0 spiro atoms. The summed E-state index contributed by atoms with van der Waals surface area (Å²) in [5, 5.41) is 3.27. The van der Waals surface area contributed by atoms with Gasteiger partial charge in [-0.1, -0.05) is 6.92 Å². The van der Waals surface area contributed by atoms with Crippen LogP contribution < -0.4 is 0 Å². The highest BCUT2D eigenvalue weighted by molar-refractivity contribution is 5.66. The Bertz CT molecular complexity index is 138. The Kier molecular flexibility index (Phi) is 5.06. The molecule has 0 heterocycles. The lowest BCUT2D eigenvalue weighted by atomic mass is 10.5. The first-order chi connectivity index (χ1) is 5.26. The highest BCUT2D eigenvalue weighted by Gasteiger charge is 2.12. The fourth-order valence-corrected chi connectivity index (χ4v) is 0.575. The standard InChI is InChI=1S/C6H12N2O3/c1-3-5-8(7-10)6(9)11-4-2/h3-5H2,1-2H3. The Labute approximate surface area is 65.3 Å². The summed E-state index contributed by atoms with van der Waals surface area (Å²) in [5.41, 5.74) is 0. The molecule has 11 heavy (non-hydrogen) atoms. The Balaban J connectivity index is 3.81. The van der Waals surface area contributed by atoms with Gasteiger partial charge in [-0.3, -0.25) is 0 Å². The monoisotopic (exact) mass is 160 g/mol. The molecule has 0 aliphatic heterocycles. The highest BCUT2D eigenvalue weighted by Crippen LogP contribution is 1.95. The summed E-state index contributed by atoms with van der Waals surface area (Å²) >= 11 is 0. The van der Waals surface area contributed by atoms with Gasteiger partial charge in [0.1, 0.15) is 0 Å². The molecule has 0 aliphatic rings. The summed E-state index contributed by atoms with van der Waals surface area (Å²) in [5.74, 6) is 0. The summed E-state index contributed by atoms with van der Waals surface area (Å²) in [6, 6.07) is 0. The second-order valence-corrected chi connectivity index (χ2v) is 1.90. The van der Waals surface area contributed by atoms with Crippen LogP contribution in [0.4, 0.5) is 4.79 Å². The van der Waals surface area contributed by atoms with Crippen molar-refractivity contribution in [2.45, 2.75) is 20.3 Å². The smallest absolute Gasteiger partial charge is 0.432 e. The number of ether oxygens (including phenoxy) is 1. The lowest BCUT2D eigenvalue weighted by Gasteiger charge is -2.10. The molecule has 0 fully saturated rings. The number of nitrogens with zero attached hydrogens (tertiary/aromatic N) is 2. The Hall–Kier alpha value is -1.13. The van der Waals surface area contributed by atoms with Crippen LogP contribution in [0.5, 0.6) is 0 Å². The minimum Gasteiger partial charge on any atom is -0.448 e. The van der Waals surface area contributed by atoms with Crippen LogP contribution in [-0.2, 0) is 4.74 Å². The van der Waals surface area contributed by atoms with Gasteiger partial charge in [0.05, 0.1) is 18.4 Å². The van der Waals surface area contributed by atoms with Crippen molar-refractivity contribution in [1.29, 1.82) is 0 Å². The van der Waals surface area contributed by atoms with Gasteiger partial charge < -0.3 is 4.74 Å². The first-order valence-corrected chi connectivity index (χ1v) is 3.53. The first kappa shape index (κ1) is 9.87. The highest BCUT2D eigenvalue weighted by atomic mass is 16.6. The quantitative estimate of drug-likeness (QED) is 0.463. The first-order valence-electron chi connectivity index (χ1n) is 3.53. The number of rotatable bonds is 4. The number of nitroso groups, excluding NO2 is 1. The van der Waals surface area contributed by atoms with Crippen LogP contribution in [0.1, 0.15) is 20.3 Å². The van der Waals surface area contributed by atoms with Crippen molar-refractivity contribution in [3.8, 4) is 0 Å². The third-order valence-electron chi connectivity index (χ3n) is 1.01. The van der Waals surface area contributed by atoms with Crippen molar-refractivity contribution in [1.82, 2.24) is 5.01 Å². The largest absolute Gasteiger partial charge is 0.448 e. The van der Waals surface area contributed by atoms with Gasteiger partial charge >= 0.3 is 6.09 Å². The van der Waals surface area contributed by atoms with Gasteiger partial charge in [0.15, 0.2) is 0 Å². The van der Waals surface area contributed by atoms with Crippen LogP contribution in [0.25, 0.3) is 0 Å². The van der Waals surface area contributed by atoms with Crippen LogP contribution in [-0.4, -0.2) is 24.3 Å². The molecule has 0 aromatic rings. The van der Waals surface area contributed by atoms with E-state index in [1.54, 1.807) is 6.92 Å². The van der Waals surface area contributed by atoms with Gasteiger partial charge in [-0.2, -0.15) is 5.01 Å². The SMILES string of the molecule is CCCN(N=O)C(=O)OCC. The third kappa shape index (κ3) is 3.54. The van der Waals surface area contributed by atoms with Crippen LogP contribution in [0.15, 0.2) is 5.29 Å². The van der Waals surface area contributed by atoms with Crippen molar-refractivity contribution < 1.29 is 9.53 Å². The van der Waals surface area contributed by atoms with Crippen LogP contribution >= 0.6 is 0 Å². The molecule has 0 atom stereocenters. The summed E-state index contributed by atoms with van der Waals surface area (Å²) in [4.78, 5) is 20.8. The number of amides is 1. The lowest BCUT2D eigenvalue weighted by Crippen LogP contribution is -2.26. The van der Waals surface area contributed by atoms with Gasteiger partial charge in [0.25, 0.3) is 0 Å². The van der Waals surface area contributed by atoms with Crippen LogP contribution in [0.2, 0.25) is 0 Å². The molecule has 0 aliphatic carbocycles. The van der Waals surface area contributed by atoms with E-state index in [1.807, 2.05) is 6.92 Å². The van der Waals surface area contributed by atoms with Crippen molar-refractivity contribution in [3.05, 3.63) is 4.91 Å². The van der Waals surface area contributed by atoms with Crippen molar-refractivity contribution in [2.75, 3.05) is 13.2 Å². The molecule has 5 heteroatoms. The zero-order valence-electron chi connectivity index (χ0n) is 6.74. The van der Waals surface area contributed by atoms with E-state index in [0.717, 1.165) is 5.01 Å². The summed E-state index contributed by atoms with van der Waals surface area (Å²) in [6.07, 6.45) is 0.00855. The second-order valence-electron chi connectivity index (χ2n) is 1.90. The number of hydrogen-bond acceptors (Lipinski definition) is 4. The minimum absolute atomic E-state index is 0.258. The van der Waals surface area contributed by atoms with E-state index in [2.05, 4.69) is 10.0 Å². The Morgan fingerprint density at radius 1 is 1.55 bits per heavy atom. The number of carbonyl (C=O) groups excluding carboxylic acids is 1. The minimum atomic E-state index is -0.677. The predicted octanol–water partition coefficient (Wildman–Crippen LogP) is 1.54. The number of hydrogen-bond donors (Lipinski definition) is 0. The molecular formula is C6H12N2O3. The molecule has 64 valence electrons. The Morgan fingerprint density at radius 3 is 2.55 bits per heavy atom. The zero-order chi connectivity index (χ0) is 8.69. The summed E-state index contributed by atoms with van der Waals surface area (Å²) in [6.45, 7) is 4.08. The van der Waals surface area contributed by atoms with Gasteiger partial charge in [-0.25, -0.2) is 4.79 Å². The topological polar surface area (TPSA) is 59.0 Å². The van der Waals surface area contributed by atoms with E-state index in [4.69, 9.17) is 0 Å². The molecule has 0 rings (SSSR count). The van der Waals surface area contributed by atoms with Crippen molar-refractivity contribution in [2.24, 2.45) is 5.29 Å². The van der Waals surface area contributed by atoms with Gasteiger partial charge in [-0.05, 0) is 13.3 Å². The van der Waals surface area contributed by atoms with E-state index >= 15 is 0 Å². The molecule has 0 aromatic heterocycles. The maximum Gasteiger partial charge on any atom is 0.432 e. The van der Waals surface area contributed by atoms with Crippen molar-refractivity contribution in [3.63, 3.8) is 0 Å². The van der Waals surface area contributed by atoms with Crippen LogP contribution in [0, 0.1) is 4.91 Å². The van der Waals surface area contributed by atoms with Crippen LogP contribution in [0.3, 0.4) is 0 Å². The third-order valence-corrected chi connectivity index (χ3v) is 1.01. The van der Waals surface area contributed by atoms with E-state index in [1.165, 1.54) is 0 Å². The average molecular weight is 160 g/mol. The molecule has 0 N–H and O–H groups in total. The van der Waals surface area contributed by atoms with E-state index in [9.17, 15) is 9.70 Å². The van der Waals surface area contributed by atoms with Crippen molar-refractivity contribution >= 4 is 6.09 Å². The van der Waals surface area contributed by atoms with E-state index in [0.29, 0.717) is 13.0 Å². The average Bonchev–Trinajstić information content (AvgIpc) is 2.00. The molecule has 0 radical (unpaired) electrons. The van der Waals surface area contributed by atoms with E-state index in [-0.39, 0.29) is 6.61 Å². The predicted molar refractivity (Wildman–Crippen MR) is 39.8 cm³/mol. The maximum absolute atomic E-state index is 10.8. The molecule has 5 nitrogen and oxygen atoms in total. The molecule has 0 saturated heterocycles. The maximum atomic E-state index is 10.8. The zero-order valence-corrected chi connectivity index (χ0v) is 6.74. The molecule has 1 amide bonds. The number of carbonyl (C=O) groups is 1. The summed E-state index contributed by atoms with van der Waals surface area (Å²) < 4.78 is 4.54.